The molecule has 1 aromatic carbocycles. The number of thioether (sulfide) groups is 1. The summed E-state index contributed by atoms with van der Waals surface area (Å²) in [6.07, 6.45) is 6.65. The van der Waals surface area contributed by atoms with Gasteiger partial charge in [-0.15, -0.1) is 0 Å². The second-order valence-corrected chi connectivity index (χ2v) is 8.56. The van der Waals surface area contributed by atoms with E-state index in [-0.39, 0.29) is 11.0 Å². The highest BCUT2D eigenvalue weighted by molar-refractivity contribution is 7.99. The number of fused-ring (bicyclic) bond motifs is 4. The Bertz CT molecular complexity index is 849. The number of hydrogen-bond donors (Lipinski definition) is 0. The van der Waals surface area contributed by atoms with Crippen LogP contribution in [0.25, 0.3) is 11.3 Å². The maximum Gasteiger partial charge on any atom is 0.258 e. The van der Waals surface area contributed by atoms with Crippen molar-refractivity contribution in [2.24, 2.45) is 0 Å². The highest BCUT2D eigenvalue weighted by Crippen LogP contribution is 2.49. The molecule has 1 heterocycles. The van der Waals surface area contributed by atoms with Crippen LogP contribution in [0, 0.1) is 0 Å². The van der Waals surface area contributed by atoms with E-state index in [4.69, 9.17) is 4.98 Å². The fraction of sp³-hybridized carbons (Fsp3) is 0.524. The standard InChI is InChI=1S/C21H26N2OS/c1-3-13-23-19(24)17-18(22-20(23)25-4-2)16-10-6-5-9-15(16)14-21(17)11-7-8-12-21/h5-6,9-10H,3-4,7-8,11-14H2,1-2H3. The molecule has 0 radical (unpaired) electrons. The minimum Gasteiger partial charge on any atom is -0.287 e. The van der Waals surface area contributed by atoms with Gasteiger partial charge in [-0.05, 0) is 37.0 Å². The predicted molar refractivity (Wildman–Crippen MR) is 104 cm³/mol. The fourth-order valence-electron chi connectivity index (χ4n) is 4.70. The molecule has 1 fully saturated rings. The molecule has 4 rings (SSSR count). The lowest BCUT2D eigenvalue weighted by atomic mass is 9.68. The van der Waals surface area contributed by atoms with Crippen LogP contribution in [0.15, 0.2) is 34.2 Å². The zero-order valence-electron chi connectivity index (χ0n) is 15.2. The summed E-state index contributed by atoms with van der Waals surface area (Å²) in [6, 6.07) is 8.56. The van der Waals surface area contributed by atoms with E-state index in [0.29, 0.717) is 0 Å². The van der Waals surface area contributed by atoms with Crippen LogP contribution in [-0.4, -0.2) is 15.3 Å². The maximum atomic E-state index is 13.6. The normalized spacial score (nSPS) is 17.5. The SMILES string of the molecule is CCCn1c(SCC)nc2c(c1=O)C1(CCCC1)Cc1ccccc1-2. The summed E-state index contributed by atoms with van der Waals surface area (Å²) < 4.78 is 1.95. The van der Waals surface area contributed by atoms with Crippen molar-refractivity contribution >= 4 is 11.8 Å². The molecule has 132 valence electrons. The Hall–Kier alpha value is -1.55. The van der Waals surface area contributed by atoms with Crippen LogP contribution in [-0.2, 0) is 18.4 Å². The minimum atomic E-state index is 0.0126. The molecule has 0 N–H and O–H groups in total. The Morgan fingerprint density at radius 1 is 1.20 bits per heavy atom. The first-order valence-corrected chi connectivity index (χ1v) is 10.5. The summed E-state index contributed by atoms with van der Waals surface area (Å²) in [5.41, 5.74) is 4.76. The number of nitrogens with zero attached hydrogens (tertiary/aromatic N) is 2. The highest BCUT2D eigenvalue weighted by atomic mass is 32.2. The van der Waals surface area contributed by atoms with Crippen LogP contribution in [0.4, 0.5) is 0 Å². The lowest BCUT2D eigenvalue weighted by Gasteiger charge is -2.36. The van der Waals surface area contributed by atoms with Crippen molar-refractivity contribution in [3.05, 3.63) is 45.7 Å². The molecular formula is C21H26N2OS. The van der Waals surface area contributed by atoms with Crippen molar-refractivity contribution in [1.82, 2.24) is 9.55 Å². The van der Waals surface area contributed by atoms with Crippen LogP contribution in [0.1, 0.15) is 57.1 Å². The van der Waals surface area contributed by atoms with E-state index in [2.05, 4.69) is 38.1 Å². The third-order valence-electron chi connectivity index (χ3n) is 5.75. The molecule has 0 aliphatic heterocycles. The third kappa shape index (κ3) is 2.66. The van der Waals surface area contributed by atoms with Crippen molar-refractivity contribution in [2.75, 3.05) is 5.75 Å². The predicted octanol–water partition coefficient (Wildman–Crippen LogP) is 4.80. The highest BCUT2D eigenvalue weighted by Gasteiger charge is 2.44. The summed E-state index contributed by atoms with van der Waals surface area (Å²) in [4.78, 5) is 18.6. The van der Waals surface area contributed by atoms with E-state index < -0.39 is 0 Å². The first-order valence-electron chi connectivity index (χ1n) is 9.56. The van der Waals surface area contributed by atoms with Gasteiger partial charge < -0.3 is 0 Å². The van der Waals surface area contributed by atoms with Gasteiger partial charge in [-0.25, -0.2) is 4.98 Å². The van der Waals surface area contributed by atoms with E-state index in [1.165, 1.54) is 24.0 Å². The maximum absolute atomic E-state index is 13.6. The molecule has 0 atom stereocenters. The molecule has 0 amide bonds. The molecule has 25 heavy (non-hydrogen) atoms. The summed E-state index contributed by atoms with van der Waals surface area (Å²) in [5, 5.41) is 0.887. The Balaban J connectivity index is 2.03. The molecule has 2 aliphatic rings. The molecule has 2 aromatic rings. The van der Waals surface area contributed by atoms with E-state index in [1.807, 2.05) is 4.57 Å². The number of aromatic nitrogens is 2. The van der Waals surface area contributed by atoms with E-state index in [9.17, 15) is 4.79 Å². The minimum absolute atomic E-state index is 0.0126. The summed E-state index contributed by atoms with van der Waals surface area (Å²) in [5.74, 6) is 0.932. The summed E-state index contributed by atoms with van der Waals surface area (Å²) >= 11 is 1.69. The molecule has 1 aromatic heterocycles. The average molecular weight is 355 g/mol. The Morgan fingerprint density at radius 3 is 2.68 bits per heavy atom. The van der Waals surface area contributed by atoms with Gasteiger partial charge in [0.1, 0.15) is 0 Å². The smallest absolute Gasteiger partial charge is 0.258 e. The lowest BCUT2D eigenvalue weighted by Crippen LogP contribution is -2.40. The fourth-order valence-corrected chi connectivity index (χ4v) is 5.45. The molecule has 3 nitrogen and oxygen atoms in total. The number of hydrogen-bond acceptors (Lipinski definition) is 3. The molecule has 0 unspecified atom stereocenters. The van der Waals surface area contributed by atoms with E-state index >= 15 is 0 Å². The zero-order chi connectivity index (χ0) is 17.4. The Labute approximate surface area is 153 Å². The largest absolute Gasteiger partial charge is 0.287 e. The van der Waals surface area contributed by atoms with Gasteiger partial charge in [-0.1, -0.05) is 62.7 Å². The van der Waals surface area contributed by atoms with Gasteiger partial charge in [-0.2, -0.15) is 0 Å². The lowest BCUT2D eigenvalue weighted by molar-refractivity contribution is 0.414. The van der Waals surface area contributed by atoms with Crippen molar-refractivity contribution in [3.8, 4) is 11.3 Å². The molecule has 0 saturated heterocycles. The monoisotopic (exact) mass is 354 g/mol. The van der Waals surface area contributed by atoms with Crippen molar-refractivity contribution in [2.45, 2.75) is 69.5 Å². The number of rotatable bonds is 4. The van der Waals surface area contributed by atoms with Gasteiger partial charge in [0.25, 0.3) is 5.56 Å². The summed E-state index contributed by atoms with van der Waals surface area (Å²) in [7, 11) is 0. The zero-order valence-corrected chi connectivity index (χ0v) is 16.0. The van der Waals surface area contributed by atoms with Crippen LogP contribution < -0.4 is 5.56 Å². The molecule has 1 saturated carbocycles. The van der Waals surface area contributed by atoms with Crippen LogP contribution in [0.2, 0.25) is 0 Å². The van der Waals surface area contributed by atoms with Gasteiger partial charge in [0.2, 0.25) is 0 Å². The number of benzene rings is 1. The van der Waals surface area contributed by atoms with Gasteiger partial charge in [-0.3, -0.25) is 9.36 Å². The molecular weight excluding hydrogens is 328 g/mol. The Morgan fingerprint density at radius 2 is 1.96 bits per heavy atom. The summed E-state index contributed by atoms with van der Waals surface area (Å²) in [6.45, 7) is 5.02. The van der Waals surface area contributed by atoms with Crippen molar-refractivity contribution < 1.29 is 0 Å². The third-order valence-corrected chi connectivity index (χ3v) is 6.61. The second kappa shape index (κ2) is 6.64. The van der Waals surface area contributed by atoms with E-state index in [0.717, 1.165) is 54.4 Å². The van der Waals surface area contributed by atoms with Crippen molar-refractivity contribution in [1.29, 1.82) is 0 Å². The van der Waals surface area contributed by atoms with Crippen molar-refractivity contribution in [3.63, 3.8) is 0 Å². The topological polar surface area (TPSA) is 34.9 Å². The van der Waals surface area contributed by atoms with Gasteiger partial charge >= 0.3 is 0 Å². The van der Waals surface area contributed by atoms with Gasteiger partial charge in [0.15, 0.2) is 5.16 Å². The average Bonchev–Trinajstić information content (AvgIpc) is 3.07. The van der Waals surface area contributed by atoms with Gasteiger partial charge in [0.05, 0.1) is 11.3 Å². The van der Waals surface area contributed by atoms with Crippen LogP contribution in [0.5, 0.6) is 0 Å². The molecule has 2 aliphatic carbocycles. The quantitative estimate of drug-likeness (QED) is 0.584. The van der Waals surface area contributed by atoms with Gasteiger partial charge in [0, 0.05) is 17.5 Å². The first kappa shape index (κ1) is 16.9. The Kier molecular flexibility index (Phi) is 4.48. The van der Waals surface area contributed by atoms with Crippen LogP contribution in [0.3, 0.4) is 0 Å². The van der Waals surface area contributed by atoms with E-state index in [1.54, 1.807) is 11.8 Å². The van der Waals surface area contributed by atoms with Crippen LogP contribution >= 0.6 is 11.8 Å². The molecule has 1 spiro atoms. The second-order valence-electron chi connectivity index (χ2n) is 7.33. The first-order chi connectivity index (χ1) is 12.2. The molecule has 0 bridgehead atoms. The molecule has 4 heteroatoms.